The van der Waals surface area contributed by atoms with Crippen LogP contribution in [0.2, 0.25) is 5.02 Å². The highest BCUT2D eigenvalue weighted by atomic mass is 35.5. The summed E-state index contributed by atoms with van der Waals surface area (Å²) in [6, 6.07) is 13.0. The summed E-state index contributed by atoms with van der Waals surface area (Å²) in [4.78, 5) is 0. The van der Waals surface area contributed by atoms with E-state index in [0.29, 0.717) is 10.8 Å². The van der Waals surface area contributed by atoms with Gasteiger partial charge < -0.3 is 4.74 Å². The van der Waals surface area contributed by atoms with Gasteiger partial charge in [-0.05, 0) is 18.2 Å². The van der Waals surface area contributed by atoms with Crippen LogP contribution < -0.4 is 4.74 Å². The lowest BCUT2D eigenvalue weighted by molar-refractivity contribution is 0.304. The first kappa shape index (κ1) is 12.4. The highest BCUT2D eigenvalue weighted by Crippen LogP contribution is 2.20. The molecule has 0 unspecified atom stereocenters. The second-order valence-corrected chi connectivity index (χ2v) is 4.07. The van der Waals surface area contributed by atoms with Crippen molar-refractivity contribution in [3.8, 4) is 11.8 Å². The summed E-state index contributed by atoms with van der Waals surface area (Å²) < 4.78 is 18.6. The largest absolute Gasteiger partial charge is 0.489 e. The average Bonchev–Trinajstić information content (AvgIpc) is 2.37. The minimum absolute atomic E-state index is 0.226. The third kappa shape index (κ3) is 2.99. The molecule has 0 amide bonds. The van der Waals surface area contributed by atoms with Crippen LogP contribution >= 0.6 is 11.6 Å². The molecule has 0 radical (unpaired) electrons. The van der Waals surface area contributed by atoms with Crippen molar-refractivity contribution >= 4 is 11.6 Å². The summed E-state index contributed by atoms with van der Waals surface area (Å²) in [6.45, 7) is 0.230. The fraction of sp³-hybridized carbons (Fsp3) is 0.0714. The zero-order valence-electron chi connectivity index (χ0n) is 9.36. The summed E-state index contributed by atoms with van der Waals surface area (Å²) in [7, 11) is 0. The van der Waals surface area contributed by atoms with Gasteiger partial charge in [0.25, 0.3) is 0 Å². The molecule has 90 valence electrons. The van der Waals surface area contributed by atoms with Crippen LogP contribution in [0.5, 0.6) is 5.75 Å². The lowest BCUT2D eigenvalue weighted by Crippen LogP contribution is -1.97. The number of halogens is 2. The second kappa shape index (κ2) is 5.52. The van der Waals surface area contributed by atoms with E-state index < -0.39 is 5.82 Å². The Bertz CT molecular complexity index is 607. The Balaban J connectivity index is 2.14. The monoisotopic (exact) mass is 261 g/mol. The van der Waals surface area contributed by atoms with Crippen molar-refractivity contribution < 1.29 is 9.13 Å². The SMILES string of the molecule is N#Cc1cc(F)cc(OCc2ccccc2Cl)c1. The van der Waals surface area contributed by atoms with Gasteiger partial charge in [0, 0.05) is 16.7 Å². The fourth-order valence-corrected chi connectivity index (χ4v) is 1.68. The molecule has 0 atom stereocenters. The number of benzene rings is 2. The molecule has 0 saturated heterocycles. The van der Waals surface area contributed by atoms with Gasteiger partial charge in [-0.1, -0.05) is 29.8 Å². The molecule has 2 rings (SSSR count). The maximum Gasteiger partial charge on any atom is 0.128 e. The molecule has 2 aromatic rings. The van der Waals surface area contributed by atoms with E-state index in [-0.39, 0.29) is 12.2 Å². The van der Waals surface area contributed by atoms with Gasteiger partial charge in [0.05, 0.1) is 11.6 Å². The molecule has 0 heterocycles. The summed E-state index contributed by atoms with van der Waals surface area (Å²) in [5, 5.41) is 9.31. The molecule has 0 N–H and O–H groups in total. The van der Waals surface area contributed by atoms with Gasteiger partial charge in [0.2, 0.25) is 0 Å². The lowest BCUT2D eigenvalue weighted by Gasteiger charge is -2.08. The maximum atomic E-state index is 13.2. The molecule has 2 aromatic carbocycles. The van der Waals surface area contributed by atoms with Gasteiger partial charge in [-0.3, -0.25) is 0 Å². The van der Waals surface area contributed by atoms with E-state index in [1.54, 1.807) is 6.07 Å². The summed E-state index contributed by atoms with van der Waals surface area (Å²) >= 11 is 5.97. The smallest absolute Gasteiger partial charge is 0.128 e. The van der Waals surface area contributed by atoms with Crippen LogP contribution in [0.15, 0.2) is 42.5 Å². The summed E-state index contributed by atoms with van der Waals surface area (Å²) in [5.74, 6) is -0.185. The van der Waals surface area contributed by atoms with Crippen LogP contribution in [-0.2, 0) is 6.61 Å². The zero-order chi connectivity index (χ0) is 13.0. The van der Waals surface area contributed by atoms with Gasteiger partial charge in [0.1, 0.15) is 18.2 Å². The zero-order valence-corrected chi connectivity index (χ0v) is 10.1. The molecule has 0 aliphatic heterocycles. The maximum absolute atomic E-state index is 13.2. The molecule has 0 spiro atoms. The number of nitriles is 1. The van der Waals surface area contributed by atoms with Crippen LogP contribution in [0.4, 0.5) is 4.39 Å². The Kier molecular flexibility index (Phi) is 3.81. The summed E-state index contributed by atoms with van der Waals surface area (Å²) in [5.41, 5.74) is 1.03. The normalized spacial score (nSPS) is 9.83. The molecule has 4 heteroatoms. The van der Waals surface area contributed by atoms with Crippen LogP contribution in [0, 0.1) is 17.1 Å². The van der Waals surface area contributed by atoms with E-state index in [0.717, 1.165) is 11.6 Å². The van der Waals surface area contributed by atoms with Crippen molar-refractivity contribution in [1.82, 2.24) is 0 Å². The van der Waals surface area contributed by atoms with E-state index in [9.17, 15) is 4.39 Å². The van der Waals surface area contributed by atoms with E-state index in [2.05, 4.69) is 0 Å². The molecule has 0 aromatic heterocycles. The third-order valence-electron chi connectivity index (χ3n) is 2.35. The number of ether oxygens (including phenoxy) is 1. The molecule has 0 bridgehead atoms. The average molecular weight is 262 g/mol. The summed E-state index contributed by atoms with van der Waals surface area (Å²) in [6.07, 6.45) is 0. The topological polar surface area (TPSA) is 33.0 Å². The minimum Gasteiger partial charge on any atom is -0.489 e. The van der Waals surface area contributed by atoms with E-state index in [1.165, 1.54) is 12.1 Å². The molecular weight excluding hydrogens is 253 g/mol. The molecule has 18 heavy (non-hydrogen) atoms. The van der Waals surface area contributed by atoms with Gasteiger partial charge in [-0.15, -0.1) is 0 Å². The fourth-order valence-electron chi connectivity index (χ4n) is 1.49. The first-order chi connectivity index (χ1) is 8.69. The lowest BCUT2D eigenvalue weighted by atomic mass is 10.2. The number of hydrogen-bond acceptors (Lipinski definition) is 2. The van der Waals surface area contributed by atoms with E-state index in [1.807, 2.05) is 24.3 Å². The predicted molar refractivity (Wildman–Crippen MR) is 66.9 cm³/mol. The first-order valence-electron chi connectivity index (χ1n) is 5.26. The van der Waals surface area contributed by atoms with Crippen LogP contribution in [0.1, 0.15) is 11.1 Å². The van der Waals surface area contributed by atoms with Crippen LogP contribution in [0.3, 0.4) is 0 Å². The van der Waals surface area contributed by atoms with E-state index in [4.69, 9.17) is 21.6 Å². The third-order valence-corrected chi connectivity index (χ3v) is 2.72. The molecule has 0 aliphatic rings. The number of nitrogens with zero attached hydrogens (tertiary/aromatic N) is 1. The Labute approximate surface area is 109 Å². The van der Waals surface area contributed by atoms with Gasteiger partial charge in [-0.2, -0.15) is 5.26 Å². The molecule has 0 saturated carbocycles. The molecular formula is C14H9ClFNO. The predicted octanol–water partition coefficient (Wildman–Crippen LogP) is 3.93. The Morgan fingerprint density at radius 1 is 1.22 bits per heavy atom. The number of hydrogen-bond donors (Lipinski definition) is 0. The van der Waals surface area contributed by atoms with Crippen LogP contribution in [-0.4, -0.2) is 0 Å². The second-order valence-electron chi connectivity index (χ2n) is 3.67. The number of rotatable bonds is 3. The highest BCUT2D eigenvalue weighted by Gasteiger charge is 2.03. The van der Waals surface area contributed by atoms with Crippen molar-refractivity contribution in [3.63, 3.8) is 0 Å². The van der Waals surface area contributed by atoms with Crippen molar-refractivity contribution in [1.29, 1.82) is 5.26 Å². The van der Waals surface area contributed by atoms with Gasteiger partial charge in [0.15, 0.2) is 0 Å². The quantitative estimate of drug-likeness (QED) is 0.839. The van der Waals surface area contributed by atoms with Crippen molar-refractivity contribution in [2.45, 2.75) is 6.61 Å². The standard InChI is InChI=1S/C14H9ClFNO/c15-14-4-2-1-3-11(14)9-18-13-6-10(8-17)5-12(16)7-13/h1-7H,9H2. The highest BCUT2D eigenvalue weighted by molar-refractivity contribution is 6.31. The molecule has 0 aliphatic carbocycles. The van der Waals surface area contributed by atoms with Gasteiger partial charge in [-0.25, -0.2) is 4.39 Å². The minimum atomic E-state index is -0.497. The first-order valence-corrected chi connectivity index (χ1v) is 5.64. The molecule has 2 nitrogen and oxygen atoms in total. The Morgan fingerprint density at radius 2 is 2.00 bits per heavy atom. The van der Waals surface area contributed by atoms with Crippen molar-refractivity contribution in [2.24, 2.45) is 0 Å². The van der Waals surface area contributed by atoms with Crippen LogP contribution in [0.25, 0.3) is 0 Å². The Hall–Kier alpha value is -2.05. The van der Waals surface area contributed by atoms with Gasteiger partial charge >= 0.3 is 0 Å². The van der Waals surface area contributed by atoms with E-state index >= 15 is 0 Å². The molecule has 0 fully saturated rings. The van der Waals surface area contributed by atoms with Crippen molar-refractivity contribution in [2.75, 3.05) is 0 Å². The van der Waals surface area contributed by atoms with Crippen molar-refractivity contribution in [3.05, 3.63) is 64.4 Å². The Morgan fingerprint density at radius 3 is 2.72 bits per heavy atom.